The van der Waals surface area contributed by atoms with Gasteiger partial charge in [0.1, 0.15) is 11.6 Å². The number of amides is 1. The van der Waals surface area contributed by atoms with E-state index in [0.29, 0.717) is 6.54 Å². The van der Waals surface area contributed by atoms with Gasteiger partial charge in [0, 0.05) is 18.5 Å². The molecule has 0 heterocycles. The van der Waals surface area contributed by atoms with E-state index in [0.717, 1.165) is 12.1 Å². The lowest BCUT2D eigenvalue weighted by Gasteiger charge is -2.12. The van der Waals surface area contributed by atoms with Crippen LogP contribution in [0.25, 0.3) is 0 Å². The van der Waals surface area contributed by atoms with Crippen molar-refractivity contribution in [2.24, 2.45) is 5.92 Å². The van der Waals surface area contributed by atoms with Gasteiger partial charge in [-0.15, -0.1) is 0 Å². The third-order valence-electron chi connectivity index (χ3n) is 2.46. The molecule has 0 radical (unpaired) electrons. The van der Waals surface area contributed by atoms with Crippen LogP contribution in [0.5, 0.6) is 0 Å². The van der Waals surface area contributed by atoms with E-state index in [1.807, 2.05) is 0 Å². The van der Waals surface area contributed by atoms with Crippen molar-refractivity contribution < 1.29 is 13.6 Å². The Hall–Kier alpha value is -1.49. The highest BCUT2D eigenvalue weighted by atomic mass is 19.1. The SMILES string of the molecule is CNCC(C)C(=O)Nc1cc(F)c(C)cc1F. The molecule has 0 saturated carbocycles. The Morgan fingerprint density at radius 3 is 2.59 bits per heavy atom. The Bertz CT molecular complexity index is 421. The van der Waals surface area contributed by atoms with Gasteiger partial charge in [0.2, 0.25) is 5.91 Å². The monoisotopic (exact) mass is 242 g/mol. The Balaban J connectivity index is 2.81. The van der Waals surface area contributed by atoms with E-state index in [1.54, 1.807) is 14.0 Å². The van der Waals surface area contributed by atoms with Gasteiger partial charge in [-0.3, -0.25) is 4.79 Å². The molecule has 0 saturated heterocycles. The molecule has 17 heavy (non-hydrogen) atoms. The van der Waals surface area contributed by atoms with Crippen LogP contribution in [-0.4, -0.2) is 19.5 Å². The van der Waals surface area contributed by atoms with Gasteiger partial charge in [-0.1, -0.05) is 6.92 Å². The van der Waals surface area contributed by atoms with Crippen LogP contribution in [-0.2, 0) is 4.79 Å². The van der Waals surface area contributed by atoms with E-state index >= 15 is 0 Å². The number of hydrogen-bond donors (Lipinski definition) is 2. The molecule has 5 heteroatoms. The molecule has 94 valence electrons. The zero-order chi connectivity index (χ0) is 13.0. The molecule has 1 atom stereocenters. The fourth-order valence-corrected chi connectivity index (χ4v) is 1.40. The molecular weight excluding hydrogens is 226 g/mol. The number of benzene rings is 1. The summed E-state index contributed by atoms with van der Waals surface area (Å²) in [6.45, 7) is 3.64. The third-order valence-corrected chi connectivity index (χ3v) is 2.46. The van der Waals surface area contributed by atoms with E-state index in [-0.39, 0.29) is 23.1 Å². The van der Waals surface area contributed by atoms with Crippen molar-refractivity contribution in [3.05, 3.63) is 29.3 Å². The second-order valence-corrected chi connectivity index (χ2v) is 4.03. The fourth-order valence-electron chi connectivity index (χ4n) is 1.40. The number of anilines is 1. The van der Waals surface area contributed by atoms with E-state index in [2.05, 4.69) is 10.6 Å². The topological polar surface area (TPSA) is 41.1 Å². The van der Waals surface area contributed by atoms with E-state index in [4.69, 9.17) is 0 Å². The van der Waals surface area contributed by atoms with Gasteiger partial charge in [0.15, 0.2) is 0 Å². The van der Waals surface area contributed by atoms with Crippen molar-refractivity contribution in [2.75, 3.05) is 18.9 Å². The molecular formula is C12H16F2N2O. The van der Waals surface area contributed by atoms with E-state index in [9.17, 15) is 13.6 Å². The number of carbonyl (C=O) groups is 1. The number of nitrogens with one attached hydrogen (secondary N) is 2. The number of rotatable bonds is 4. The molecule has 1 rings (SSSR count). The molecule has 0 spiro atoms. The van der Waals surface area contributed by atoms with E-state index < -0.39 is 11.6 Å². The van der Waals surface area contributed by atoms with Gasteiger partial charge in [-0.05, 0) is 25.6 Å². The first-order valence-corrected chi connectivity index (χ1v) is 5.36. The lowest BCUT2D eigenvalue weighted by molar-refractivity contribution is -0.119. The first kappa shape index (κ1) is 13.6. The summed E-state index contributed by atoms with van der Waals surface area (Å²) in [5, 5.41) is 5.21. The first-order valence-electron chi connectivity index (χ1n) is 5.36. The lowest BCUT2D eigenvalue weighted by atomic mass is 10.1. The molecule has 0 bridgehead atoms. The van der Waals surface area contributed by atoms with Crippen molar-refractivity contribution in [1.29, 1.82) is 0 Å². The van der Waals surface area contributed by atoms with Crippen molar-refractivity contribution in [3.8, 4) is 0 Å². The Labute approximate surface area is 99.2 Å². The van der Waals surface area contributed by atoms with Gasteiger partial charge in [-0.25, -0.2) is 8.78 Å². The second kappa shape index (κ2) is 5.72. The Morgan fingerprint density at radius 1 is 1.35 bits per heavy atom. The molecule has 0 aliphatic heterocycles. The van der Waals surface area contributed by atoms with Crippen LogP contribution in [0.2, 0.25) is 0 Å². The largest absolute Gasteiger partial charge is 0.323 e. The molecule has 0 aromatic heterocycles. The summed E-state index contributed by atoms with van der Waals surface area (Å²) in [5.41, 5.74) is 0.0878. The maximum absolute atomic E-state index is 13.4. The van der Waals surface area contributed by atoms with Crippen molar-refractivity contribution in [3.63, 3.8) is 0 Å². The minimum atomic E-state index is -0.631. The van der Waals surface area contributed by atoms with Crippen LogP contribution in [0.1, 0.15) is 12.5 Å². The molecule has 0 fully saturated rings. The predicted molar refractivity (Wildman–Crippen MR) is 62.8 cm³/mol. The van der Waals surface area contributed by atoms with Crippen molar-refractivity contribution in [2.45, 2.75) is 13.8 Å². The second-order valence-electron chi connectivity index (χ2n) is 4.03. The number of aryl methyl sites for hydroxylation is 1. The molecule has 2 N–H and O–H groups in total. The Kier molecular flexibility index (Phi) is 4.57. The summed E-state index contributed by atoms with van der Waals surface area (Å²) >= 11 is 0. The van der Waals surface area contributed by atoms with Gasteiger partial charge in [0.05, 0.1) is 5.69 Å². The lowest BCUT2D eigenvalue weighted by Crippen LogP contribution is -2.29. The fraction of sp³-hybridized carbons (Fsp3) is 0.417. The molecule has 1 aromatic rings. The summed E-state index contributed by atoms with van der Waals surface area (Å²) in [6, 6.07) is 2.06. The molecule has 0 aliphatic carbocycles. The zero-order valence-electron chi connectivity index (χ0n) is 10.1. The Morgan fingerprint density at radius 2 is 2.00 bits per heavy atom. The number of hydrogen-bond acceptors (Lipinski definition) is 2. The highest BCUT2D eigenvalue weighted by molar-refractivity contribution is 5.92. The van der Waals surface area contributed by atoms with Crippen molar-refractivity contribution in [1.82, 2.24) is 5.32 Å². The van der Waals surface area contributed by atoms with Crippen LogP contribution in [0, 0.1) is 24.5 Å². The predicted octanol–water partition coefficient (Wildman–Crippen LogP) is 2.07. The maximum Gasteiger partial charge on any atom is 0.228 e. The molecule has 0 aliphatic rings. The summed E-state index contributed by atoms with van der Waals surface area (Å²) in [7, 11) is 1.72. The maximum atomic E-state index is 13.4. The van der Waals surface area contributed by atoms with Gasteiger partial charge in [-0.2, -0.15) is 0 Å². The molecule has 1 unspecified atom stereocenters. The average molecular weight is 242 g/mol. The van der Waals surface area contributed by atoms with Crippen LogP contribution >= 0.6 is 0 Å². The third kappa shape index (κ3) is 3.49. The minimum absolute atomic E-state index is 0.124. The van der Waals surface area contributed by atoms with Gasteiger partial charge >= 0.3 is 0 Å². The quantitative estimate of drug-likeness (QED) is 0.848. The molecule has 1 aromatic carbocycles. The van der Waals surface area contributed by atoms with Crippen LogP contribution in [0.3, 0.4) is 0 Å². The minimum Gasteiger partial charge on any atom is -0.323 e. The zero-order valence-corrected chi connectivity index (χ0v) is 10.1. The smallest absolute Gasteiger partial charge is 0.228 e. The normalized spacial score (nSPS) is 12.3. The molecule has 1 amide bonds. The van der Waals surface area contributed by atoms with Crippen molar-refractivity contribution >= 4 is 11.6 Å². The summed E-state index contributed by atoms with van der Waals surface area (Å²) in [6.07, 6.45) is 0. The van der Waals surface area contributed by atoms with Crippen LogP contribution < -0.4 is 10.6 Å². The molecule has 3 nitrogen and oxygen atoms in total. The first-order chi connectivity index (χ1) is 7.95. The highest BCUT2D eigenvalue weighted by Gasteiger charge is 2.15. The highest BCUT2D eigenvalue weighted by Crippen LogP contribution is 2.19. The van der Waals surface area contributed by atoms with Gasteiger partial charge < -0.3 is 10.6 Å². The van der Waals surface area contributed by atoms with E-state index in [1.165, 1.54) is 6.92 Å². The summed E-state index contributed by atoms with van der Waals surface area (Å²) < 4.78 is 26.7. The number of carbonyl (C=O) groups excluding carboxylic acids is 1. The summed E-state index contributed by atoms with van der Waals surface area (Å²) in [4.78, 5) is 11.6. The van der Waals surface area contributed by atoms with Gasteiger partial charge in [0.25, 0.3) is 0 Å². The number of halogens is 2. The standard InChI is InChI=1S/C12H16F2N2O/c1-7-4-10(14)11(5-9(7)13)16-12(17)8(2)6-15-3/h4-5,8,15H,6H2,1-3H3,(H,16,17). The summed E-state index contributed by atoms with van der Waals surface area (Å²) in [5.74, 6) is -1.83. The average Bonchev–Trinajstić information content (AvgIpc) is 2.26. The van der Waals surface area contributed by atoms with Crippen LogP contribution in [0.4, 0.5) is 14.5 Å². The van der Waals surface area contributed by atoms with Crippen LogP contribution in [0.15, 0.2) is 12.1 Å².